The van der Waals surface area contributed by atoms with Crippen molar-refractivity contribution in [2.45, 2.75) is 51.8 Å². The molecule has 1 aromatic carbocycles. The Bertz CT molecular complexity index is 759. The number of piperidine rings is 1. The third kappa shape index (κ3) is 6.90. The van der Waals surface area contributed by atoms with E-state index in [1.807, 2.05) is 45.0 Å². The molecular formula is C20H26N6O2. The topological polar surface area (TPSA) is 114 Å². The lowest BCUT2D eigenvalue weighted by Gasteiger charge is -2.33. The van der Waals surface area contributed by atoms with Crippen LogP contribution in [0.1, 0.15) is 39.2 Å². The molecule has 8 nitrogen and oxygen atoms in total. The summed E-state index contributed by atoms with van der Waals surface area (Å²) in [7, 11) is 0. The average Bonchev–Trinajstić information content (AvgIpc) is 2.67. The maximum Gasteiger partial charge on any atom is 0.410 e. The van der Waals surface area contributed by atoms with Crippen molar-refractivity contribution < 1.29 is 9.53 Å². The van der Waals surface area contributed by atoms with E-state index in [9.17, 15) is 4.79 Å². The molecule has 1 aromatic rings. The van der Waals surface area contributed by atoms with Crippen LogP contribution in [0.15, 0.2) is 29.4 Å². The smallest absolute Gasteiger partial charge is 0.410 e. The van der Waals surface area contributed by atoms with Gasteiger partial charge in [0.1, 0.15) is 17.7 Å². The SMILES string of the molecule is CC(C)(C)OC(=O)N1CCC(NCc2ccc(NN=C(C#N)C#N)cc2)CC1. The van der Waals surface area contributed by atoms with E-state index in [1.165, 1.54) is 0 Å². The van der Waals surface area contributed by atoms with Crippen LogP contribution in [0.25, 0.3) is 0 Å². The molecule has 1 heterocycles. The number of hydrogen-bond acceptors (Lipinski definition) is 7. The Morgan fingerprint density at radius 3 is 2.36 bits per heavy atom. The molecule has 1 amide bonds. The summed E-state index contributed by atoms with van der Waals surface area (Å²) in [4.78, 5) is 13.9. The molecule has 0 atom stereocenters. The van der Waals surface area contributed by atoms with Crippen molar-refractivity contribution in [3.63, 3.8) is 0 Å². The van der Waals surface area contributed by atoms with E-state index in [-0.39, 0.29) is 11.8 Å². The molecule has 0 radical (unpaired) electrons. The van der Waals surface area contributed by atoms with Gasteiger partial charge in [0, 0.05) is 25.7 Å². The predicted octanol–water partition coefficient (Wildman–Crippen LogP) is 2.99. The highest BCUT2D eigenvalue weighted by Crippen LogP contribution is 2.16. The Balaban J connectivity index is 1.75. The lowest BCUT2D eigenvalue weighted by molar-refractivity contribution is 0.0198. The van der Waals surface area contributed by atoms with Crippen LogP contribution in [-0.4, -0.2) is 41.4 Å². The number of nitrogens with one attached hydrogen (secondary N) is 2. The first-order valence-corrected chi connectivity index (χ1v) is 9.25. The number of hydrazone groups is 1. The molecule has 0 spiro atoms. The molecule has 1 aliphatic heterocycles. The first-order chi connectivity index (χ1) is 13.3. The van der Waals surface area contributed by atoms with Gasteiger partial charge in [-0.25, -0.2) is 4.79 Å². The van der Waals surface area contributed by atoms with Gasteiger partial charge in [0.25, 0.3) is 0 Å². The van der Waals surface area contributed by atoms with Gasteiger partial charge in [0.05, 0.1) is 5.69 Å². The minimum atomic E-state index is -0.469. The molecule has 0 bridgehead atoms. The third-order valence-corrected chi connectivity index (χ3v) is 4.20. The van der Waals surface area contributed by atoms with Crippen molar-refractivity contribution in [1.82, 2.24) is 10.2 Å². The van der Waals surface area contributed by atoms with Crippen molar-refractivity contribution in [1.29, 1.82) is 10.5 Å². The zero-order valence-electron chi connectivity index (χ0n) is 16.5. The number of rotatable bonds is 5. The average molecular weight is 382 g/mol. The fourth-order valence-corrected chi connectivity index (χ4v) is 2.75. The number of ether oxygens (including phenoxy) is 1. The highest BCUT2D eigenvalue weighted by Gasteiger charge is 2.26. The van der Waals surface area contributed by atoms with Gasteiger partial charge in [-0.05, 0) is 51.3 Å². The van der Waals surface area contributed by atoms with E-state index in [4.69, 9.17) is 15.3 Å². The highest BCUT2D eigenvalue weighted by atomic mass is 16.6. The number of nitriles is 2. The Kier molecular flexibility index (Phi) is 7.36. The van der Waals surface area contributed by atoms with E-state index in [2.05, 4.69) is 15.8 Å². The molecule has 1 saturated heterocycles. The zero-order chi connectivity index (χ0) is 20.6. The second kappa shape index (κ2) is 9.72. The van der Waals surface area contributed by atoms with Gasteiger partial charge >= 0.3 is 6.09 Å². The number of nitrogens with zero attached hydrogens (tertiary/aromatic N) is 4. The Hall–Kier alpha value is -3.10. The van der Waals surface area contributed by atoms with Crippen molar-refractivity contribution in [2.24, 2.45) is 5.10 Å². The first-order valence-electron chi connectivity index (χ1n) is 9.25. The Morgan fingerprint density at radius 1 is 1.21 bits per heavy atom. The number of likely N-dealkylation sites (tertiary alicyclic amines) is 1. The fraction of sp³-hybridized carbons (Fsp3) is 0.500. The molecule has 1 aliphatic rings. The summed E-state index contributed by atoms with van der Waals surface area (Å²) in [5.74, 6) is 0. The molecule has 28 heavy (non-hydrogen) atoms. The number of carbonyl (C=O) groups is 1. The molecule has 8 heteroatoms. The van der Waals surface area contributed by atoms with E-state index < -0.39 is 5.60 Å². The maximum atomic E-state index is 12.1. The van der Waals surface area contributed by atoms with Crippen molar-refractivity contribution >= 4 is 17.5 Å². The summed E-state index contributed by atoms with van der Waals surface area (Å²) in [6.07, 6.45) is 1.53. The molecule has 0 saturated carbocycles. The van der Waals surface area contributed by atoms with E-state index in [0.29, 0.717) is 24.8 Å². The van der Waals surface area contributed by atoms with Crippen molar-refractivity contribution in [3.05, 3.63) is 29.8 Å². The van der Waals surface area contributed by atoms with Crippen LogP contribution in [0, 0.1) is 22.7 Å². The first kappa shape index (κ1) is 21.2. The van der Waals surface area contributed by atoms with Gasteiger partial charge in [-0.3, -0.25) is 5.43 Å². The summed E-state index contributed by atoms with van der Waals surface area (Å²) in [5.41, 5.74) is 3.82. The number of amides is 1. The predicted molar refractivity (Wildman–Crippen MR) is 106 cm³/mol. The van der Waals surface area contributed by atoms with Crippen LogP contribution in [0.3, 0.4) is 0 Å². The standard InChI is InChI=1S/C20H26N6O2/c1-20(2,3)28-19(27)26-10-8-16(9-11-26)23-14-15-4-6-17(7-5-15)24-25-18(12-21)13-22/h4-7,16,23-24H,8-11,14H2,1-3H3. The van der Waals surface area contributed by atoms with E-state index in [0.717, 1.165) is 24.9 Å². The quantitative estimate of drug-likeness (QED) is 0.598. The second-order valence-electron chi connectivity index (χ2n) is 7.62. The largest absolute Gasteiger partial charge is 0.444 e. The minimum Gasteiger partial charge on any atom is -0.444 e. The van der Waals surface area contributed by atoms with Gasteiger partial charge in [-0.1, -0.05) is 12.1 Å². The lowest BCUT2D eigenvalue weighted by atomic mass is 10.0. The van der Waals surface area contributed by atoms with E-state index >= 15 is 0 Å². The summed E-state index contributed by atoms with van der Waals surface area (Å²) < 4.78 is 5.42. The van der Waals surface area contributed by atoms with Crippen molar-refractivity contribution in [3.8, 4) is 12.1 Å². The zero-order valence-corrected chi connectivity index (χ0v) is 16.5. The van der Waals surface area contributed by atoms with Crippen LogP contribution in [-0.2, 0) is 11.3 Å². The molecule has 0 unspecified atom stereocenters. The molecule has 2 N–H and O–H groups in total. The van der Waals surface area contributed by atoms with Crippen LogP contribution < -0.4 is 10.7 Å². The molecule has 1 fully saturated rings. The number of anilines is 1. The fourth-order valence-electron chi connectivity index (χ4n) is 2.75. The normalized spacial score (nSPS) is 14.5. The molecule has 148 valence electrons. The van der Waals surface area contributed by atoms with Crippen molar-refractivity contribution in [2.75, 3.05) is 18.5 Å². The van der Waals surface area contributed by atoms with Crippen LogP contribution in [0.5, 0.6) is 0 Å². The number of hydrogen-bond donors (Lipinski definition) is 2. The summed E-state index contributed by atoms with van der Waals surface area (Å²) in [5, 5.41) is 24.5. The Morgan fingerprint density at radius 2 is 1.82 bits per heavy atom. The summed E-state index contributed by atoms with van der Waals surface area (Å²) >= 11 is 0. The van der Waals surface area contributed by atoms with Crippen LogP contribution in [0.4, 0.5) is 10.5 Å². The number of benzene rings is 1. The lowest BCUT2D eigenvalue weighted by Crippen LogP contribution is -2.46. The molecular weight excluding hydrogens is 356 g/mol. The molecule has 0 aromatic heterocycles. The van der Waals surface area contributed by atoms with Gasteiger partial charge in [-0.2, -0.15) is 15.6 Å². The summed E-state index contributed by atoms with van der Waals surface area (Å²) in [6.45, 7) is 7.72. The Labute approximate surface area is 165 Å². The molecule has 2 rings (SSSR count). The van der Waals surface area contributed by atoms with Crippen LogP contribution >= 0.6 is 0 Å². The second-order valence-corrected chi connectivity index (χ2v) is 7.62. The summed E-state index contributed by atoms with van der Waals surface area (Å²) in [6, 6.07) is 11.4. The minimum absolute atomic E-state index is 0.219. The van der Waals surface area contributed by atoms with Gasteiger partial charge in [-0.15, -0.1) is 0 Å². The molecule has 0 aliphatic carbocycles. The maximum absolute atomic E-state index is 12.1. The number of carbonyl (C=O) groups excluding carboxylic acids is 1. The monoisotopic (exact) mass is 382 g/mol. The van der Waals surface area contributed by atoms with E-state index in [1.54, 1.807) is 17.0 Å². The van der Waals surface area contributed by atoms with Gasteiger partial charge in [0.2, 0.25) is 5.71 Å². The van der Waals surface area contributed by atoms with Gasteiger partial charge in [0.15, 0.2) is 0 Å². The van der Waals surface area contributed by atoms with Gasteiger partial charge < -0.3 is 15.0 Å². The third-order valence-electron chi connectivity index (χ3n) is 4.20. The highest BCUT2D eigenvalue weighted by molar-refractivity contribution is 6.10. The van der Waals surface area contributed by atoms with Crippen LogP contribution in [0.2, 0.25) is 0 Å².